The number of hydrogen-bond acceptors (Lipinski definition) is 2. The fourth-order valence-electron chi connectivity index (χ4n) is 2.37. The summed E-state index contributed by atoms with van der Waals surface area (Å²) in [4.78, 5) is 13.8. The highest BCUT2D eigenvalue weighted by Gasteiger charge is 2.29. The van der Waals surface area contributed by atoms with Gasteiger partial charge in [-0.15, -0.1) is 0 Å². The number of nitrogens with zero attached hydrogens (tertiary/aromatic N) is 1. The molecule has 1 N–H and O–H groups in total. The Morgan fingerprint density at radius 1 is 1.40 bits per heavy atom. The van der Waals surface area contributed by atoms with Crippen LogP contribution in [0.5, 0.6) is 0 Å². The number of hydrogen-bond donors (Lipinski definition) is 1. The summed E-state index contributed by atoms with van der Waals surface area (Å²) in [5.74, 6) is -0.114. The second-order valence-electron chi connectivity index (χ2n) is 6.75. The number of rotatable bonds is 4. The second-order valence-corrected chi connectivity index (χ2v) is 6.75. The summed E-state index contributed by atoms with van der Waals surface area (Å²) in [6.45, 7) is 8.58. The maximum absolute atomic E-state index is 13.2. The summed E-state index contributed by atoms with van der Waals surface area (Å²) >= 11 is 0. The van der Waals surface area contributed by atoms with Gasteiger partial charge in [0.05, 0.1) is 0 Å². The zero-order chi connectivity index (χ0) is 14.8. The number of carbonyl (C=O) groups excluding carboxylic acids is 1. The van der Waals surface area contributed by atoms with Crippen LogP contribution in [0.1, 0.15) is 32.8 Å². The Labute approximate surface area is 120 Å². The van der Waals surface area contributed by atoms with Crippen LogP contribution < -0.4 is 5.32 Å². The van der Waals surface area contributed by atoms with E-state index >= 15 is 0 Å². The van der Waals surface area contributed by atoms with Crippen LogP contribution in [-0.2, 0) is 11.3 Å². The largest absolute Gasteiger partial charge is 0.337 e. The Kier molecular flexibility index (Phi) is 4.43. The number of amides is 1. The van der Waals surface area contributed by atoms with E-state index in [-0.39, 0.29) is 23.2 Å². The van der Waals surface area contributed by atoms with E-state index in [2.05, 4.69) is 26.1 Å². The van der Waals surface area contributed by atoms with Gasteiger partial charge in [-0.2, -0.15) is 0 Å². The first-order valence-electron chi connectivity index (χ1n) is 7.09. The minimum atomic E-state index is -0.253. The van der Waals surface area contributed by atoms with Gasteiger partial charge in [0.15, 0.2) is 0 Å². The molecule has 1 saturated heterocycles. The molecule has 4 heteroatoms. The van der Waals surface area contributed by atoms with Crippen molar-refractivity contribution < 1.29 is 9.18 Å². The summed E-state index contributed by atoms with van der Waals surface area (Å²) in [5, 5.41) is 3.44. The van der Waals surface area contributed by atoms with Crippen LogP contribution in [0.2, 0.25) is 0 Å². The molecule has 2 rings (SSSR count). The summed E-state index contributed by atoms with van der Waals surface area (Å²) in [6.07, 6.45) is 0.533. The molecule has 1 aromatic rings. The molecule has 1 fully saturated rings. The van der Waals surface area contributed by atoms with Gasteiger partial charge in [0.25, 0.3) is 0 Å². The van der Waals surface area contributed by atoms with Gasteiger partial charge in [-0.3, -0.25) is 4.79 Å². The average Bonchev–Trinajstić information content (AvgIpc) is 2.67. The number of benzene rings is 1. The van der Waals surface area contributed by atoms with Gasteiger partial charge in [0, 0.05) is 32.1 Å². The van der Waals surface area contributed by atoms with Crippen LogP contribution in [-0.4, -0.2) is 29.9 Å². The summed E-state index contributed by atoms with van der Waals surface area (Å²) in [7, 11) is 0. The van der Waals surface area contributed by atoms with Crippen LogP contribution in [0.4, 0.5) is 4.39 Å². The quantitative estimate of drug-likeness (QED) is 0.918. The highest BCUT2D eigenvalue weighted by molar-refractivity contribution is 5.79. The van der Waals surface area contributed by atoms with Crippen molar-refractivity contribution in [1.29, 1.82) is 0 Å². The van der Waals surface area contributed by atoms with Crippen molar-refractivity contribution in [3.05, 3.63) is 35.6 Å². The van der Waals surface area contributed by atoms with Gasteiger partial charge in [0.1, 0.15) is 5.82 Å². The van der Waals surface area contributed by atoms with Gasteiger partial charge < -0.3 is 10.2 Å². The maximum atomic E-state index is 13.2. The van der Waals surface area contributed by atoms with E-state index in [1.54, 1.807) is 11.0 Å². The van der Waals surface area contributed by atoms with Crippen molar-refractivity contribution in [2.75, 3.05) is 13.1 Å². The molecule has 0 aromatic heterocycles. The third-order valence-corrected chi connectivity index (χ3v) is 3.40. The third kappa shape index (κ3) is 4.30. The van der Waals surface area contributed by atoms with E-state index in [1.807, 2.05) is 6.07 Å². The van der Waals surface area contributed by atoms with E-state index in [9.17, 15) is 9.18 Å². The van der Waals surface area contributed by atoms with Crippen LogP contribution >= 0.6 is 0 Å². The average molecular weight is 278 g/mol. The van der Waals surface area contributed by atoms with E-state index in [4.69, 9.17) is 0 Å². The predicted octanol–water partition coefficient (Wildman–Crippen LogP) is 2.56. The Balaban J connectivity index is 1.89. The molecule has 0 radical (unpaired) electrons. The first-order valence-corrected chi connectivity index (χ1v) is 7.09. The highest BCUT2D eigenvalue weighted by Crippen LogP contribution is 2.17. The molecular weight excluding hydrogens is 255 g/mol. The van der Waals surface area contributed by atoms with Crippen molar-refractivity contribution in [3.8, 4) is 0 Å². The topological polar surface area (TPSA) is 32.3 Å². The highest BCUT2D eigenvalue weighted by atomic mass is 19.1. The first-order chi connectivity index (χ1) is 9.33. The van der Waals surface area contributed by atoms with Crippen molar-refractivity contribution in [3.63, 3.8) is 0 Å². The van der Waals surface area contributed by atoms with Gasteiger partial charge in [-0.1, -0.05) is 32.9 Å². The van der Waals surface area contributed by atoms with Crippen molar-refractivity contribution in [2.45, 2.75) is 39.8 Å². The molecule has 0 bridgehead atoms. The minimum absolute atomic E-state index is 0.140. The van der Waals surface area contributed by atoms with Gasteiger partial charge in [-0.25, -0.2) is 4.39 Å². The molecular formula is C16H23FN2O. The van der Waals surface area contributed by atoms with Crippen molar-refractivity contribution >= 4 is 5.91 Å². The van der Waals surface area contributed by atoms with Gasteiger partial charge >= 0.3 is 0 Å². The Morgan fingerprint density at radius 2 is 2.15 bits per heavy atom. The maximum Gasteiger partial charge on any atom is 0.224 e. The van der Waals surface area contributed by atoms with E-state index in [1.165, 1.54) is 12.1 Å². The predicted molar refractivity (Wildman–Crippen MR) is 77.7 cm³/mol. The normalized spacial score (nSPS) is 19.7. The third-order valence-electron chi connectivity index (χ3n) is 3.40. The van der Waals surface area contributed by atoms with Crippen LogP contribution in [0, 0.1) is 11.2 Å². The molecule has 0 aliphatic carbocycles. The number of halogens is 1. The Hall–Kier alpha value is -1.42. The van der Waals surface area contributed by atoms with E-state index in [0.29, 0.717) is 19.5 Å². The Morgan fingerprint density at radius 3 is 2.80 bits per heavy atom. The molecule has 110 valence electrons. The van der Waals surface area contributed by atoms with Crippen molar-refractivity contribution in [1.82, 2.24) is 10.2 Å². The van der Waals surface area contributed by atoms with Gasteiger partial charge in [0.2, 0.25) is 5.91 Å². The molecule has 0 spiro atoms. The summed E-state index contributed by atoms with van der Waals surface area (Å²) < 4.78 is 13.2. The zero-order valence-corrected chi connectivity index (χ0v) is 12.4. The molecule has 20 heavy (non-hydrogen) atoms. The van der Waals surface area contributed by atoms with E-state index in [0.717, 1.165) is 12.1 Å². The molecule has 1 aliphatic heterocycles. The standard InChI is InChI=1S/C16H23FN2O/c1-16(2,3)11-18-14-8-15(20)19(10-14)9-12-5-4-6-13(17)7-12/h4-7,14,18H,8-11H2,1-3H3. The van der Waals surface area contributed by atoms with Crippen molar-refractivity contribution in [2.24, 2.45) is 5.41 Å². The smallest absolute Gasteiger partial charge is 0.224 e. The monoisotopic (exact) mass is 278 g/mol. The fourth-order valence-corrected chi connectivity index (χ4v) is 2.37. The van der Waals surface area contributed by atoms with Crippen LogP contribution in [0.15, 0.2) is 24.3 Å². The van der Waals surface area contributed by atoms with Gasteiger partial charge in [-0.05, 0) is 23.1 Å². The number of likely N-dealkylation sites (tertiary alicyclic amines) is 1. The molecule has 0 saturated carbocycles. The SMILES string of the molecule is CC(C)(C)CNC1CC(=O)N(Cc2cccc(F)c2)C1. The molecule has 1 amide bonds. The number of carbonyl (C=O) groups is 1. The lowest BCUT2D eigenvalue weighted by molar-refractivity contribution is -0.128. The lowest BCUT2D eigenvalue weighted by Crippen LogP contribution is -2.37. The molecule has 1 aromatic carbocycles. The summed E-state index contributed by atoms with van der Waals surface area (Å²) in [6, 6.07) is 6.65. The lowest BCUT2D eigenvalue weighted by Gasteiger charge is -2.22. The fraction of sp³-hybridized carbons (Fsp3) is 0.562. The van der Waals surface area contributed by atoms with Crippen LogP contribution in [0.25, 0.3) is 0 Å². The minimum Gasteiger partial charge on any atom is -0.337 e. The Bertz CT molecular complexity index is 482. The molecule has 1 unspecified atom stereocenters. The molecule has 1 aliphatic rings. The zero-order valence-electron chi connectivity index (χ0n) is 12.4. The second kappa shape index (κ2) is 5.92. The summed E-state index contributed by atoms with van der Waals surface area (Å²) in [5.41, 5.74) is 1.05. The molecule has 1 atom stereocenters. The molecule has 3 nitrogen and oxygen atoms in total. The molecule has 1 heterocycles. The van der Waals surface area contributed by atoms with Crippen LogP contribution in [0.3, 0.4) is 0 Å². The lowest BCUT2D eigenvalue weighted by atomic mass is 9.96. The first kappa shape index (κ1) is 15.0. The number of nitrogens with one attached hydrogen (secondary N) is 1. The van der Waals surface area contributed by atoms with E-state index < -0.39 is 0 Å².